The van der Waals surface area contributed by atoms with Gasteiger partial charge in [0.1, 0.15) is 0 Å². The van der Waals surface area contributed by atoms with E-state index in [1.807, 2.05) is 0 Å². The van der Waals surface area contributed by atoms with Crippen LogP contribution in [-0.4, -0.2) is 16.5 Å². The van der Waals surface area contributed by atoms with Gasteiger partial charge in [-0.1, -0.05) is 23.2 Å². The van der Waals surface area contributed by atoms with E-state index in [-0.39, 0.29) is 10.5 Å². The van der Waals surface area contributed by atoms with E-state index in [1.165, 1.54) is 12.3 Å². The molecule has 3 rings (SSSR count). The van der Waals surface area contributed by atoms with E-state index < -0.39 is 11.7 Å². The summed E-state index contributed by atoms with van der Waals surface area (Å²) in [6, 6.07) is 3.94. The molecule has 26 heavy (non-hydrogen) atoms. The molecule has 0 aliphatic carbocycles. The number of halogens is 5. The smallest absolute Gasteiger partial charge is 0.354 e. The van der Waals surface area contributed by atoms with Crippen LogP contribution in [0.25, 0.3) is 22.2 Å². The average molecular weight is 402 g/mol. The molecule has 0 aliphatic rings. The Hall–Kier alpha value is -1.76. The summed E-state index contributed by atoms with van der Waals surface area (Å²) in [4.78, 5) is 6.85. The summed E-state index contributed by atoms with van der Waals surface area (Å²) < 4.78 is 40.4. The van der Waals surface area contributed by atoms with Crippen LogP contribution in [0.3, 0.4) is 0 Å². The Balaban J connectivity index is 2.31. The van der Waals surface area contributed by atoms with Crippen molar-refractivity contribution in [2.24, 2.45) is 5.73 Å². The van der Waals surface area contributed by atoms with E-state index in [4.69, 9.17) is 28.9 Å². The fraction of sp³-hybridized carbons (Fsp3) is 0.278. The third-order valence-electron chi connectivity index (χ3n) is 4.24. The fourth-order valence-corrected chi connectivity index (χ4v) is 3.55. The van der Waals surface area contributed by atoms with Gasteiger partial charge in [0, 0.05) is 23.3 Å². The molecule has 8 heteroatoms. The molecule has 2 aromatic heterocycles. The number of fused-ring (bicyclic) bond motifs is 1. The van der Waals surface area contributed by atoms with Crippen LogP contribution in [0.2, 0.25) is 10.0 Å². The monoisotopic (exact) mass is 401 g/mol. The number of alkyl halides is 3. The molecule has 2 heterocycles. The number of aromatic amines is 1. The van der Waals surface area contributed by atoms with Crippen LogP contribution in [0, 0.1) is 0 Å². The molecule has 0 saturated carbocycles. The summed E-state index contributed by atoms with van der Waals surface area (Å²) >= 11 is 12.5. The Bertz CT molecular complexity index is 935. The summed E-state index contributed by atoms with van der Waals surface area (Å²) in [6.45, 7) is 0.509. The largest absolute Gasteiger partial charge is 0.418 e. The van der Waals surface area contributed by atoms with E-state index in [0.29, 0.717) is 40.2 Å². The third-order valence-corrected chi connectivity index (χ3v) is 4.85. The summed E-state index contributed by atoms with van der Waals surface area (Å²) in [7, 11) is 0. The third kappa shape index (κ3) is 3.54. The number of rotatable bonds is 5. The fourth-order valence-electron chi connectivity index (χ4n) is 3.07. The molecular formula is C18H16Cl2F3N3. The Morgan fingerprint density at radius 1 is 1.08 bits per heavy atom. The summed E-state index contributed by atoms with van der Waals surface area (Å²) in [5.74, 6) is 0. The minimum atomic E-state index is -4.50. The number of hydrogen-bond acceptors (Lipinski definition) is 2. The summed E-state index contributed by atoms with van der Waals surface area (Å²) in [5, 5.41) is 0.994. The highest BCUT2D eigenvalue weighted by Crippen LogP contribution is 2.43. The molecule has 0 atom stereocenters. The number of nitrogens with one attached hydrogen (secondary N) is 1. The molecular weight excluding hydrogens is 386 g/mol. The van der Waals surface area contributed by atoms with Crippen LogP contribution in [0.1, 0.15) is 24.0 Å². The van der Waals surface area contributed by atoms with Gasteiger partial charge in [0.2, 0.25) is 0 Å². The SMILES string of the molecule is NCCCCc1c(-c2ccncc2Cl)[nH]c2c(C(F)(F)F)ccc(Cl)c12. The molecule has 0 amide bonds. The van der Waals surface area contributed by atoms with Gasteiger partial charge < -0.3 is 10.7 Å². The molecule has 138 valence electrons. The first-order chi connectivity index (χ1) is 12.3. The highest BCUT2D eigenvalue weighted by Gasteiger charge is 2.34. The Morgan fingerprint density at radius 2 is 1.85 bits per heavy atom. The van der Waals surface area contributed by atoms with Crippen molar-refractivity contribution < 1.29 is 13.2 Å². The normalized spacial score (nSPS) is 12.1. The van der Waals surface area contributed by atoms with Crippen molar-refractivity contribution in [1.29, 1.82) is 0 Å². The van der Waals surface area contributed by atoms with E-state index in [1.54, 1.807) is 12.3 Å². The number of unbranched alkanes of at least 4 members (excludes halogenated alkanes) is 1. The van der Waals surface area contributed by atoms with E-state index >= 15 is 0 Å². The van der Waals surface area contributed by atoms with Gasteiger partial charge in [-0.3, -0.25) is 4.98 Å². The molecule has 0 fully saturated rings. The van der Waals surface area contributed by atoms with Gasteiger partial charge in [-0.2, -0.15) is 13.2 Å². The number of aromatic nitrogens is 2. The first-order valence-corrected chi connectivity index (χ1v) is 8.80. The summed E-state index contributed by atoms with van der Waals surface area (Å²) in [6.07, 6.45) is 0.521. The number of nitrogens with zero attached hydrogens (tertiary/aromatic N) is 1. The zero-order valence-corrected chi connectivity index (χ0v) is 15.1. The lowest BCUT2D eigenvalue weighted by Crippen LogP contribution is -2.05. The highest BCUT2D eigenvalue weighted by atomic mass is 35.5. The molecule has 0 aliphatic heterocycles. The molecule has 3 aromatic rings. The van der Waals surface area contributed by atoms with Crippen LogP contribution in [0.15, 0.2) is 30.6 Å². The predicted molar refractivity (Wildman–Crippen MR) is 98.5 cm³/mol. The van der Waals surface area contributed by atoms with Gasteiger partial charge in [0.25, 0.3) is 0 Å². The number of pyridine rings is 1. The number of benzene rings is 1. The van der Waals surface area contributed by atoms with Crippen molar-refractivity contribution in [2.75, 3.05) is 6.54 Å². The van der Waals surface area contributed by atoms with Crippen molar-refractivity contribution in [1.82, 2.24) is 9.97 Å². The number of aryl methyl sites for hydroxylation is 1. The van der Waals surface area contributed by atoms with E-state index in [0.717, 1.165) is 18.9 Å². The van der Waals surface area contributed by atoms with Crippen LogP contribution in [0.4, 0.5) is 13.2 Å². The minimum absolute atomic E-state index is 0.0318. The van der Waals surface area contributed by atoms with E-state index in [2.05, 4.69) is 9.97 Å². The maximum atomic E-state index is 13.5. The lowest BCUT2D eigenvalue weighted by atomic mass is 9.99. The number of hydrogen-bond donors (Lipinski definition) is 2. The van der Waals surface area contributed by atoms with Crippen molar-refractivity contribution in [2.45, 2.75) is 25.4 Å². The van der Waals surface area contributed by atoms with Crippen molar-refractivity contribution in [3.05, 3.63) is 51.8 Å². The maximum absolute atomic E-state index is 13.5. The minimum Gasteiger partial charge on any atom is -0.354 e. The van der Waals surface area contributed by atoms with Crippen LogP contribution >= 0.6 is 23.2 Å². The van der Waals surface area contributed by atoms with Gasteiger partial charge >= 0.3 is 6.18 Å². The van der Waals surface area contributed by atoms with Crippen LogP contribution in [0.5, 0.6) is 0 Å². The van der Waals surface area contributed by atoms with Gasteiger partial charge in [0.05, 0.1) is 26.8 Å². The van der Waals surface area contributed by atoms with Gasteiger partial charge in [-0.05, 0) is 49.6 Å². The molecule has 0 spiro atoms. The Labute approximate surface area is 158 Å². The molecule has 3 nitrogen and oxygen atoms in total. The molecule has 0 saturated heterocycles. The molecule has 0 unspecified atom stereocenters. The van der Waals surface area contributed by atoms with Crippen molar-refractivity contribution in [3.63, 3.8) is 0 Å². The topological polar surface area (TPSA) is 54.7 Å². The Kier molecular flexibility index (Phi) is 5.46. The summed E-state index contributed by atoms with van der Waals surface area (Å²) in [5.41, 5.74) is 6.59. The lowest BCUT2D eigenvalue weighted by molar-refractivity contribution is -0.136. The Morgan fingerprint density at radius 3 is 2.50 bits per heavy atom. The van der Waals surface area contributed by atoms with Crippen LogP contribution in [-0.2, 0) is 12.6 Å². The molecule has 1 aromatic carbocycles. The number of nitrogens with two attached hydrogens (primary N) is 1. The first kappa shape index (κ1) is 19.0. The van der Waals surface area contributed by atoms with Crippen molar-refractivity contribution in [3.8, 4) is 11.3 Å². The maximum Gasteiger partial charge on any atom is 0.418 e. The standard InChI is InChI=1S/C18H16Cl2F3N3/c19-13-5-4-12(18(21,22)23)17-15(13)11(3-1-2-7-24)16(26-17)10-6-8-25-9-14(10)20/h4-6,8-9,26H,1-3,7,24H2. The molecule has 3 N–H and O–H groups in total. The quantitative estimate of drug-likeness (QED) is 0.527. The van der Waals surface area contributed by atoms with Gasteiger partial charge in [-0.25, -0.2) is 0 Å². The van der Waals surface area contributed by atoms with Gasteiger partial charge in [0.15, 0.2) is 0 Å². The molecule has 0 radical (unpaired) electrons. The van der Waals surface area contributed by atoms with Crippen LogP contribution < -0.4 is 5.73 Å². The second-order valence-corrected chi connectivity index (χ2v) is 6.74. The van der Waals surface area contributed by atoms with Crippen molar-refractivity contribution >= 4 is 34.1 Å². The number of H-pyrrole nitrogens is 1. The zero-order valence-electron chi connectivity index (χ0n) is 13.6. The van der Waals surface area contributed by atoms with Gasteiger partial charge in [-0.15, -0.1) is 0 Å². The lowest BCUT2D eigenvalue weighted by Gasteiger charge is -2.09. The second kappa shape index (κ2) is 7.47. The van der Waals surface area contributed by atoms with E-state index in [9.17, 15) is 13.2 Å². The first-order valence-electron chi connectivity index (χ1n) is 8.04. The second-order valence-electron chi connectivity index (χ2n) is 5.92. The predicted octanol–water partition coefficient (Wildman–Crippen LogP) is 5.84. The highest BCUT2D eigenvalue weighted by molar-refractivity contribution is 6.36. The average Bonchev–Trinajstić information content (AvgIpc) is 2.95. The molecule has 0 bridgehead atoms. The zero-order chi connectivity index (χ0) is 18.9.